The molecule has 2 aromatic rings. The van der Waals surface area contributed by atoms with E-state index >= 15 is 0 Å². The lowest BCUT2D eigenvalue weighted by Gasteiger charge is -2.27. The Labute approximate surface area is 158 Å². The van der Waals surface area contributed by atoms with Gasteiger partial charge in [0.15, 0.2) is 5.82 Å². The maximum absolute atomic E-state index is 12.1. The zero-order valence-electron chi connectivity index (χ0n) is 15.1. The standard InChI is InChI=1S/C19H24N4O2S/c1-14(2)15-3-5-16(6-4-15)20-18(24)13-26-19-8-7-17(21-22-19)23-9-11-25-12-10-23/h3-8,14H,9-13H2,1-2H3,(H,20,24). The summed E-state index contributed by atoms with van der Waals surface area (Å²) in [6.07, 6.45) is 0. The Morgan fingerprint density at radius 2 is 1.88 bits per heavy atom. The Morgan fingerprint density at radius 3 is 2.50 bits per heavy atom. The Balaban J connectivity index is 1.48. The Kier molecular flexibility index (Phi) is 6.46. The minimum absolute atomic E-state index is 0.0497. The Morgan fingerprint density at radius 1 is 1.15 bits per heavy atom. The molecule has 1 saturated heterocycles. The quantitative estimate of drug-likeness (QED) is 0.786. The van der Waals surface area contributed by atoms with Gasteiger partial charge in [-0.1, -0.05) is 37.7 Å². The molecule has 1 aromatic carbocycles. The van der Waals surface area contributed by atoms with Crippen molar-refractivity contribution in [3.63, 3.8) is 0 Å². The molecule has 7 heteroatoms. The number of carbonyl (C=O) groups excluding carboxylic acids is 1. The first kappa shape index (κ1) is 18.7. The first-order valence-electron chi connectivity index (χ1n) is 8.81. The lowest BCUT2D eigenvalue weighted by atomic mass is 10.0. The van der Waals surface area contributed by atoms with Crippen LogP contribution in [0.5, 0.6) is 0 Å². The number of thioether (sulfide) groups is 1. The van der Waals surface area contributed by atoms with Crippen LogP contribution >= 0.6 is 11.8 Å². The van der Waals surface area contributed by atoms with Gasteiger partial charge in [0.2, 0.25) is 5.91 Å². The van der Waals surface area contributed by atoms with Crippen molar-refractivity contribution in [1.29, 1.82) is 0 Å². The summed E-state index contributed by atoms with van der Waals surface area (Å²) in [5.41, 5.74) is 2.07. The van der Waals surface area contributed by atoms with E-state index in [2.05, 4.69) is 34.3 Å². The van der Waals surface area contributed by atoms with Crippen molar-refractivity contribution in [1.82, 2.24) is 10.2 Å². The molecule has 1 aliphatic rings. The maximum Gasteiger partial charge on any atom is 0.234 e. The molecular weight excluding hydrogens is 348 g/mol. The fraction of sp³-hybridized carbons (Fsp3) is 0.421. The monoisotopic (exact) mass is 372 g/mol. The first-order chi connectivity index (χ1) is 12.6. The van der Waals surface area contributed by atoms with E-state index in [1.54, 1.807) is 0 Å². The summed E-state index contributed by atoms with van der Waals surface area (Å²) in [6, 6.07) is 11.8. The van der Waals surface area contributed by atoms with E-state index in [4.69, 9.17) is 4.74 Å². The normalized spacial score (nSPS) is 14.5. The fourth-order valence-corrected chi connectivity index (χ4v) is 3.25. The number of hydrogen-bond donors (Lipinski definition) is 1. The highest BCUT2D eigenvalue weighted by atomic mass is 32.2. The molecule has 1 fully saturated rings. The van der Waals surface area contributed by atoms with E-state index in [0.717, 1.165) is 42.8 Å². The van der Waals surface area contributed by atoms with Crippen LogP contribution in [-0.4, -0.2) is 48.2 Å². The summed E-state index contributed by atoms with van der Waals surface area (Å²) in [7, 11) is 0. The molecule has 0 spiro atoms. The van der Waals surface area contributed by atoms with Gasteiger partial charge < -0.3 is 15.0 Å². The average molecular weight is 372 g/mol. The van der Waals surface area contributed by atoms with Crippen LogP contribution in [0.25, 0.3) is 0 Å². The van der Waals surface area contributed by atoms with Crippen molar-refractivity contribution >= 4 is 29.2 Å². The fourth-order valence-electron chi connectivity index (χ4n) is 2.64. The van der Waals surface area contributed by atoms with E-state index in [9.17, 15) is 4.79 Å². The van der Waals surface area contributed by atoms with Gasteiger partial charge >= 0.3 is 0 Å². The van der Waals surface area contributed by atoms with E-state index in [-0.39, 0.29) is 5.91 Å². The van der Waals surface area contributed by atoms with E-state index in [1.807, 2.05) is 36.4 Å². The second kappa shape index (κ2) is 9.00. The number of nitrogens with one attached hydrogen (secondary N) is 1. The third kappa shape index (κ3) is 5.19. The molecule has 0 atom stereocenters. The summed E-state index contributed by atoms with van der Waals surface area (Å²) in [5.74, 6) is 1.59. The zero-order chi connectivity index (χ0) is 18.4. The van der Waals surface area contributed by atoms with Crippen LogP contribution in [0.15, 0.2) is 41.4 Å². The van der Waals surface area contributed by atoms with Crippen LogP contribution in [0.2, 0.25) is 0 Å². The van der Waals surface area contributed by atoms with Crippen LogP contribution in [0, 0.1) is 0 Å². The molecule has 1 aromatic heterocycles. The Bertz CT molecular complexity index is 713. The molecule has 1 amide bonds. The summed E-state index contributed by atoms with van der Waals surface area (Å²) >= 11 is 1.38. The molecule has 0 saturated carbocycles. The third-order valence-corrected chi connectivity index (χ3v) is 5.09. The molecule has 0 unspecified atom stereocenters. The molecule has 1 aliphatic heterocycles. The van der Waals surface area contributed by atoms with Crippen molar-refractivity contribution < 1.29 is 9.53 Å². The van der Waals surface area contributed by atoms with Gasteiger partial charge in [0, 0.05) is 18.8 Å². The highest BCUT2D eigenvalue weighted by Gasteiger charge is 2.13. The lowest BCUT2D eigenvalue weighted by molar-refractivity contribution is -0.113. The molecule has 6 nitrogen and oxygen atoms in total. The molecule has 2 heterocycles. The summed E-state index contributed by atoms with van der Waals surface area (Å²) in [4.78, 5) is 14.3. The highest BCUT2D eigenvalue weighted by Crippen LogP contribution is 2.20. The van der Waals surface area contributed by atoms with E-state index < -0.39 is 0 Å². The number of amides is 1. The molecule has 3 rings (SSSR count). The van der Waals surface area contributed by atoms with Gasteiger partial charge in [0.25, 0.3) is 0 Å². The predicted molar refractivity (Wildman–Crippen MR) is 105 cm³/mol. The molecule has 26 heavy (non-hydrogen) atoms. The van der Waals surface area contributed by atoms with Gasteiger partial charge in [-0.05, 0) is 35.7 Å². The van der Waals surface area contributed by atoms with Crippen LogP contribution in [0.1, 0.15) is 25.3 Å². The second-order valence-corrected chi connectivity index (χ2v) is 7.44. The van der Waals surface area contributed by atoms with E-state index in [0.29, 0.717) is 11.7 Å². The number of benzene rings is 1. The van der Waals surface area contributed by atoms with Crippen LogP contribution < -0.4 is 10.2 Å². The van der Waals surface area contributed by atoms with Gasteiger partial charge in [-0.3, -0.25) is 4.79 Å². The predicted octanol–water partition coefficient (Wildman–Crippen LogP) is 3.17. The topological polar surface area (TPSA) is 67.4 Å². The van der Waals surface area contributed by atoms with Crippen molar-refractivity contribution in [3.8, 4) is 0 Å². The van der Waals surface area contributed by atoms with Gasteiger partial charge in [0.05, 0.1) is 19.0 Å². The first-order valence-corrected chi connectivity index (χ1v) is 9.79. The third-order valence-electron chi connectivity index (χ3n) is 4.17. The number of carbonyl (C=O) groups is 1. The minimum Gasteiger partial charge on any atom is -0.378 e. The number of hydrogen-bond acceptors (Lipinski definition) is 6. The zero-order valence-corrected chi connectivity index (χ0v) is 16.0. The summed E-state index contributed by atoms with van der Waals surface area (Å²) in [5, 5.41) is 12.1. The van der Waals surface area contributed by atoms with Crippen LogP contribution in [-0.2, 0) is 9.53 Å². The highest BCUT2D eigenvalue weighted by molar-refractivity contribution is 7.99. The van der Waals surface area contributed by atoms with Crippen molar-refractivity contribution in [2.75, 3.05) is 42.3 Å². The number of anilines is 2. The van der Waals surface area contributed by atoms with Gasteiger partial charge in [-0.15, -0.1) is 10.2 Å². The van der Waals surface area contributed by atoms with Gasteiger partial charge in [-0.25, -0.2) is 0 Å². The smallest absolute Gasteiger partial charge is 0.234 e. The second-order valence-electron chi connectivity index (χ2n) is 6.44. The average Bonchev–Trinajstić information content (AvgIpc) is 2.68. The van der Waals surface area contributed by atoms with Crippen LogP contribution in [0.4, 0.5) is 11.5 Å². The van der Waals surface area contributed by atoms with Crippen molar-refractivity contribution in [2.24, 2.45) is 0 Å². The van der Waals surface area contributed by atoms with Crippen molar-refractivity contribution in [3.05, 3.63) is 42.0 Å². The summed E-state index contributed by atoms with van der Waals surface area (Å²) in [6.45, 7) is 7.40. The molecular formula is C19H24N4O2S. The number of nitrogens with zero attached hydrogens (tertiary/aromatic N) is 3. The van der Waals surface area contributed by atoms with E-state index in [1.165, 1.54) is 17.3 Å². The number of rotatable bonds is 6. The number of ether oxygens (including phenoxy) is 1. The SMILES string of the molecule is CC(C)c1ccc(NC(=O)CSc2ccc(N3CCOCC3)nn2)cc1. The number of morpholine rings is 1. The molecule has 0 bridgehead atoms. The number of aromatic nitrogens is 2. The molecule has 138 valence electrons. The lowest BCUT2D eigenvalue weighted by Crippen LogP contribution is -2.36. The molecule has 0 aliphatic carbocycles. The Hall–Kier alpha value is -2.12. The van der Waals surface area contributed by atoms with Gasteiger partial charge in [0.1, 0.15) is 5.03 Å². The molecule has 1 N–H and O–H groups in total. The largest absolute Gasteiger partial charge is 0.378 e. The maximum atomic E-state index is 12.1. The van der Waals surface area contributed by atoms with Crippen LogP contribution in [0.3, 0.4) is 0 Å². The minimum atomic E-state index is -0.0497. The molecule has 0 radical (unpaired) electrons. The summed E-state index contributed by atoms with van der Waals surface area (Å²) < 4.78 is 5.34. The van der Waals surface area contributed by atoms with Crippen molar-refractivity contribution in [2.45, 2.75) is 24.8 Å². The van der Waals surface area contributed by atoms with Gasteiger partial charge in [-0.2, -0.15) is 0 Å².